The van der Waals surface area contributed by atoms with Gasteiger partial charge in [0.15, 0.2) is 0 Å². The number of hydrogen-bond donors (Lipinski definition) is 1. The fourth-order valence-electron chi connectivity index (χ4n) is 1.40. The van der Waals surface area contributed by atoms with Crippen molar-refractivity contribution in [2.45, 2.75) is 25.1 Å². The van der Waals surface area contributed by atoms with Gasteiger partial charge >= 0.3 is 6.18 Å². The first-order valence-electron chi connectivity index (χ1n) is 4.75. The number of nitrogens with two attached hydrogens (primary N) is 1. The summed E-state index contributed by atoms with van der Waals surface area (Å²) in [6.07, 6.45) is -5.35. The molecule has 0 spiro atoms. The van der Waals surface area contributed by atoms with Crippen molar-refractivity contribution >= 4 is 12.4 Å². The van der Waals surface area contributed by atoms with Gasteiger partial charge in [0.05, 0.1) is 11.6 Å². The SMILES string of the molecule is Cl.N#Cc1ccccc1[C@@H](N)CCC(F)(F)F. The normalized spacial score (nSPS) is 12.4. The lowest BCUT2D eigenvalue weighted by Gasteiger charge is -2.14. The molecule has 2 N–H and O–H groups in total. The van der Waals surface area contributed by atoms with Crippen molar-refractivity contribution in [3.05, 3.63) is 35.4 Å². The summed E-state index contributed by atoms with van der Waals surface area (Å²) >= 11 is 0. The molecule has 0 saturated carbocycles. The molecule has 0 aromatic heterocycles. The zero-order valence-electron chi connectivity index (χ0n) is 8.87. The number of halogens is 4. The van der Waals surface area contributed by atoms with E-state index >= 15 is 0 Å². The Morgan fingerprint density at radius 2 is 1.88 bits per heavy atom. The van der Waals surface area contributed by atoms with Gasteiger partial charge in [-0.05, 0) is 18.1 Å². The van der Waals surface area contributed by atoms with Crippen LogP contribution in [0.15, 0.2) is 24.3 Å². The molecule has 0 aliphatic rings. The zero-order chi connectivity index (χ0) is 12.2. The monoisotopic (exact) mass is 264 g/mol. The third kappa shape index (κ3) is 5.07. The van der Waals surface area contributed by atoms with Crippen molar-refractivity contribution in [1.82, 2.24) is 0 Å². The second kappa shape index (κ2) is 6.48. The van der Waals surface area contributed by atoms with E-state index in [2.05, 4.69) is 0 Å². The first-order valence-corrected chi connectivity index (χ1v) is 4.75. The molecule has 0 radical (unpaired) electrons. The molecule has 6 heteroatoms. The van der Waals surface area contributed by atoms with Gasteiger partial charge in [-0.2, -0.15) is 18.4 Å². The minimum atomic E-state index is -4.21. The lowest BCUT2D eigenvalue weighted by molar-refractivity contribution is -0.136. The highest BCUT2D eigenvalue weighted by Crippen LogP contribution is 2.27. The Bertz CT molecular complexity index is 398. The van der Waals surface area contributed by atoms with Crippen molar-refractivity contribution in [2.24, 2.45) is 5.73 Å². The maximum absolute atomic E-state index is 12.0. The van der Waals surface area contributed by atoms with E-state index in [-0.39, 0.29) is 18.8 Å². The number of hydrogen-bond acceptors (Lipinski definition) is 2. The molecule has 0 heterocycles. The van der Waals surface area contributed by atoms with E-state index in [0.29, 0.717) is 11.1 Å². The second-order valence-electron chi connectivity index (χ2n) is 3.46. The lowest BCUT2D eigenvalue weighted by atomic mass is 9.98. The Kier molecular flexibility index (Phi) is 6.00. The van der Waals surface area contributed by atoms with Gasteiger partial charge in [0.1, 0.15) is 0 Å². The molecular formula is C11H12ClF3N2. The average molecular weight is 265 g/mol. The average Bonchev–Trinajstić information content (AvgIpc) is 2.25. The van der Waals surface area contributed by atoms with Crippen LogP contribution in [0.2, 0.25) is 0 Å². The Balaban J connectivity index is 0.00000256. The van der Waals surface area contributed by atoms with E-state index in [1.807, 2.05) is 6.07 Å². The van der Waals surface area contributed by atoms with Crippen molar-refractivity contribution in [3.63, 3.8) is 0 Å². The lowest BCUT2D eigenvalue weighted by Crippen LogP contribution is -2.16. The van der Waals surface area contributed by atoms with E-state index in [1.54, 1.807) is 24.3 Å². The van der Waals surface area contributed by atoms with Gasteiger partial charge in [0.25, 0.3) is 0 Å². The summed E-state index contributed by atoms with van der Waals surface area (Å²) in [4.78, 5) is 0. The Labute approximate surface area is 104 Å². The summed E-state index contributed by atoms with van der Waals surface area (Å²) in [5.74, 6) is 0. The van der Waals surface area contributed by atoms with Crippen LogP contribution in [0.4, 0.5) is 13.2 Å². The van der Waals surface area contributed by atoms with Gasteiger partial charge in [0, 0.05) is 12.5 Å². The van der Waals surface area contributed by atoms with Crippen LogP contribution in [0, 0.1) is 11.3 Å². The molecule has 1 aromatic rings. The Hall–Kier alpha value is -1.25. The molecule has 0 unspecified atom stereocenters. The molecule has 1 atom stereocenters. The summed E-state index contributed by atoms with van der Waals surface area (Å²) < 4.78 is 36.0. The predicted molar refractivity (Wildman–Crippen MR) is 60.6 cm³/mol. The van der Waals surface area contributed by atoms with Gasteiger partial charge in [-0.1, -0.05) is 18.2 Å². The number of alkyl halides is 3. The fourth-order valence-corrected chi connectivity index (χ4v) is 1.40. The summed E-state index contributed by atoms with van der Waals surface area (Å²) in [5.41, 5.74) is 6.43. The first kappa shape index (κ1) is 15.8. The van der Waals surface area contributed by atoms with Crippen LogP contribution >= 0.6 is 12.4 Å². The van der Waals surface area contributed by atoms with Crippen molar-refractivity contribution < 1.29 is 13.2 Å². The zero-order valence-corrected chi connectivity index (χ0v) is 9.68. The maximum atomic E-state index is 12.0. The number of rotatable bonds is 3. The molecular weight excluding hydrogens is 253 g/mol. The summed E-state index contributed by atoms with van der Waals surface area (Å²) in [7, 11) is 0. The molecule has 0 amide bonds. The Morgan fingerprint density at radius 3 is 2.41 bits per heavy atom. The van der Waals surface area contributed by atoms with Crippen LogP contribution in [0.25, 0.3) is 0 Å². The Morgan fingerprint density at radius 1 is 1.29 bits per heavy atom. The van der Waals surface area contributed by atoms with Crippen LogP contribution < -0.4 is 5.73 Å². The third-order valence-corrected chi connectivity index (χ3v) is 2.22. The quantitative estimate of drug-likeness (QED) is 0.910. The highest BCUT2D eigenvalue weighted by Gasteiger charge is 2.28. The summed E-state index contributed by atoms with van der Waals surface area (Å²) in [6, 6.07) is 7.60. The van der Waals surface area contributed by atoms with Gasteiger partial charge in [0.2, 0.25) is 0 Å². The third-order valence-electron chi connectivity index (χ3n) is 2.22. The second-order valence-corrected chi connectivity index (χ2v) is 3.46. The number of nitriles is 1. The van der Waals surface area contributed by atoms with Gasteiger partial charge in [-0.15, -0.1) is 12.4 Å². The van der Waals surface area contributed by atoms with Gasteiger partial charge < -0.3 is 5.73 Å². The molecule has 17 heavy (non-hydrogen) atoms. The van der Waals surface area contributed by atoms with Crippen molar-refractivity contribution in [1.29, 1.82) is 5.26 Å². The van der Waals surface area contributed by atoms with Gasteiger partial charge in [-0.3, -0.25) is 0 Å². The first-order chi connectivity index (χ1) is 7.44. The minimum Gasteiger partial charge on any atom is -0.324 e. The van der Waals surface area contributed by atoms with Crippen molar-refractivity contribution in [3.8, 4) is 6.07 Å². The van der Waals surface area contributed by atoms with Crippen molar-refractivity contribution in [2.75, 3.05) is 0 Å². The fraction of sp³-hybridized carbons (Fsp3) is 0.364. The van der Waals surface area contributed by atoms with E-state index in [0.717, 1.165) is 0 Å². The number of benzene rings is 1. The highest BCUT2D eigenvalue weighted by molar-refractivity contribution is 5.85. The standard InChI is InChI=1S/C11H11F3N2.ClH/c12-11(13,14)6-5-10(16)9-4-2-1-3-8(9)7-15;/h1-4,10H,5-6,16H2;1H/t10-;/m0./s1. The van der Waals surface area contributed by atoms with Crippen LogP contribution in [-0.4, -0.2) is 6.18 Å². The molecule has 0 aliphatic carbocycles. The van der Waals surface area contributed by atoms with E-state index < -0.39 is 18.6 Å². The largest absolute Gasteiger partial charge is 0.389 e. The molecule has 94 valence electrons. The maximum Gasteiger partial charge on any atom is 0.389 e. The summed E-state index contributed by atoms with van der Waals surface area (Å²) in [6.45, 7) is 0. The highest BCUT2D eigenvalue weighted by atomic mass is 35.5. The number of nitrogens with zero attached hydrogens (tertiary/aromatic N) is 1. The summed E-state index contributed by atoms with van der Waals surface area (Å²) in [5, 5.41) is 8.77. The van der Waals surface area contributed by atoms with E-state index in [1.165, 1.54) is 0 Å². The molecule has 0 aliphatic heterocycles. The minimum absolute atomic E-state index is 0. The van der Waals surface area contributed by atoms with Crippen LogP contribution in [0.5, 0.6) is 0 Å². The van der Waals surface area contributed by atoms with E-state index in [9.17, 15) is 13.2 Å². The van der Waals surface area contributed by atoms with Crippen LogP contribution in [0.1, 0.15) is 30.0 Å². The molecule has 0 bridgehead atoms. The molecule has 0 saturated heterocycles. The van der Waals surface area contributed by atoms with Gasteiger partial charge in [-0.25, -0.2) is 0 Å². The topological polar surface area (TPSA) is 49.8 Å². The molecule has 1 rings (SSSR count). The predicted octanol–water partition coefficient (Wildman–Crippen LogP) is 3.32. The van der Waals surface area contributed by atoms with E-state index in [4.69, 9.17) is 11.0 Å². The van der Waals surface area contributed by atoms with Crippen LogP contribution in [-0.2, 0) is 0 Å². The molecule has 0 fully saturated rings. The van der Waals surface area contributed by atoms with Crippen LogP contribution in [0.3, 0.4) is 0 Å². The smallest absolute Gasteiger partial charge is 0.324 e. The molecule has 2 nitrogen and oxygen atoms in total. The molecule has 1 aromatic carbocycles.